The lowest BCUT2D eigenvalue weighted by Crippen LogP contribution is -2.65. The Bertz CT molecular complexity index is 278. The van der Waals surface area contributed by atoms with Crippen LogP contribution in [0.1, 0.15) is 38.5 Å². The molecule has 100 valence electrons. The highest BCUT2D eigenvalue weighted by Gasteiger charge is 2.53. The fourth-order valence-corrected chi connectivity index (χ4v) is 3.01. The molecule has 5 heteroatoms. The van der Waals surface area contributed by atoms with Crippen molar-refractivity contribution in [3.63, 3.8) is 0 Å². The van der Waals surface area contributed by atoms with Gasteiger partial charge in [0.15, 0.2) is 0 Å². The van der Waals surface area contributed by atoms with E-state index in [1.54, 1.807) is 0 Å². The Morgan fingerprint density at radius 2 is 1.47 bits per heavy atom. The van der Waals surface area contributed by atoms with Gasteiger partial charge in [0, 0.05) is 31.5 Å². The van der Waals surface area contributed by atoms with Crippen molar-refractivity contribution >= 4 is 0 Å². The van der Waals surface area contributed by atoms with Gasteiger partial charge < -0.3 is 15.7 Å². The Hall–Kier alpha value is -0.260. The van der Waals surface area contributed by atoms with E-state index in [9.17, 15) is 13.9 Å². The van der Waals surface area contributed by atoms with E-state index in [1.807, 2.05) is 7.05 Å². The van der Waals surface area contributed by atoms with Crippen LogP contribution in [-0.4, -0.2) is 47.2 Å². The van der Waals surface area contributed by atoms with E-state index in [2.05, 4.69) is 4.90 Å². The summed E-state index contributed by atoms with van der Waals surface area (Å²) in [5, 5.41) is 10.6. The summed E-state index contributed by atoms with van der Waals surface area (Å²) < 4.78 is 26.3. The van der Waals surface area contributed by atoms with Crippen LogP contribution >= 0.6 is 0 Å². The second-order valence-electron chi connectivity index (χ2n) is 5.85. The lowest BCUT2D eigenvalue weighted by molar-refractivity contribution is -0.125. The molecule has 1 heterocycles. The van der Waals surface area contributed by atoms with Crippen LogP contribution < -0.4 is 5.73 Å². The van der Waals surface area contributed by atoms with Crippen LogP contribution in [0.15, 0.2) is 0 Å². The van der Waals surface area contributed by atoms with Crippen LogP contribution in [0.4, 0.5) is 8.78 Å². The van der Waals surface area contributed by atoms with Gasteiger partial charge in [-0.1, -0.05) is 0 Å². The number of likely N-dealkylation sites (tertiary alicyclic amines) is 1. The molecule has 2 rings (SSSR count). The van der Waals surface area contributed by atoms with Crippen LogP contribution in [0, 0.1) is 0 Å². The predicted octanol–water partition coefficient (Wildman–Crippen LogP) is 1.35. The average molecular weight is 248 g/mol. The summed E-state index contributed by atoms with van der Waals surface area (Å²) in [6.07, 6.45) is 1.24. The summed E-state index contributed by atoms with van der Waals surface area (Å²) in [5.41, 5.74) is 4.45. The van der Waals surface area contributed by atoms with E-state index < -0.39 is 17.1 Å². The number of alkyl halides is 2. The molecule has 0 bridgehead atoms. The molecule has 0 aromatic rings. The molecule has 3 N–H and O–H groups in total. The Balaban J connectivity index is 2.06. The molecule has 0 aromatic carbocycles. The number of nitrogens with zero attached hydrogens (tertiary/aromatic N) is 1. The maximum absolute atomic E-state index is 13.2. The van der Waals surface area contributed by atoms with Gasteiger partial charge in [0.1, 0.15) is 0 Å². The molecule has 0 spiro atoms. The minimum absolute atomic E-state index is 0.193. The molecule has 0 atom stereocenters. The molecule has 2 fully saturated rings. The fraction of sp³-hybridized carbons (Fsp3) is 1.00. The molecule has 0 amide bonds. The van der Waals surface area contributed by atoms with Crippen molar-refractivity contribution in [2.24, 2.45) is 5.73 Å². The van der Waals surface area contributed by atoms with E-state index >= 15 is 0 Å². The highest BCUT2D eigenvalue weighted by atomic mass is 19.3. The number of halogens is 2. The largest absolute Gasteiger partial charge is 0.388 e. The molecule has 0 aromatic heterocycles. The van der Waals surface area contributed by atoms with Crippen LogP contribution in [-0.2, 0) is 0 Å². The van der Waals surface area contributed by atoms with Crippen molar-refractivity contribution in [2.45, 2.75) is 55.6 Å². The van der Waals surface area contributed by atoms with Gasteiger partial charge in [-0.3, -0.25) is 0 Å². The van der Waals surface area contributed by atoms with Gasteiger partial charge in [-0.25, -0.2) is 8.78 Å². The number of hydrogen-bond donors (Lipinski definition) is 2. The minimum Gasteiger partial charge on any atom is -0.388 e. The van der Waals surface area contributed by atoms with Crippen LogP contribution in [0.2, 0.25) is 0 Å². The van der Waals surface area contributed by atoms with E-state index in [4.69, 9.17) is 5.73 Å². The third-order valence-electron chi connectivity index (χ3n) is 4.61. The summed E-state index contributed by atoms with van der Waals surface area (Å²) >= 11 is 0. The maximum Gasteiger partial charge on any atom is 0.248 e. The molecule has 17 heavy (non-hydrogen) atoms. The van der Waals surface area contributed by atoms with Crippen LogP contribution in [0.5, 0.6) is 0 Å². The molecular formula is C12H22F2N2O. The first-order valence-electron chi connectivity index (χ1n) is 6.34. The van der Waals surface area contributed by atoms with Gasteiger partial charge in [0.25, 0.3) is 0 Å². The SMILES string of the molecule is CN1CCC(O)(C2(N)CCC(F)(F)CC2)CC1. The van der Waals surface area contributed by atoms with Crippen LogP contribution in [0.3, 0.4) is 0 Å². The normalized spacial score (nSPS) is 32.3. The lowest BCUT2D eigenvalue weighted by Gasteiger charge is -2.51. The first kappa shape index (κ1) is 13.2. The van der Waals surface area contributed by atoms with Gasteiger partial charge >= 0.3 is 0 Å². The van der Waals surface area contributed by atoms with Crippen molar-refractivity contribution in [2.75, 3.05) is 20.1 Å². The molecule has 0 radical (unpaired) electrons. The van der Waals surface area contributed by atoms with E-state index in [-0.39, 0.29) is 25.7 Å². The van der Waals surface area contributed by atoms with Crippen molar-refractivity contribution in [1.29, 1.82) is 0 Å². The average Bonchev–Trinajstić information content (AvgIpc) is 2.27. The number of nitrogens with two attached hydrogens (primary N) is 1. The van der Waals surface area contributed by atoms with E-state index in [1.165, 1.54) is 0 Å². The monoisotopic (exact) mass is 248 g/mol. The first-order chi connectivity index (χ1) is 7.77. The molecule has 2 aliphatic rings. The fourth-order valence-electron chi connectivity index (χ4n) is 3.01. The maximum atomic E-state index is 13.2. The zero-order valence-corrected chi connectivity index (χ0v) is 10.4. The summed E-state index contributed by atoms with van der Waals surface area (Å²) in [6, 6.07) is 0. The second-order valence-corrected chi connectivity index (χ2v) is 5.85. The van der Waals surface area contributed by atoms with Crippen molar-refractivity contribution in [3.05, 3.63) is 0 Å². The third-order valence-corrected chi connectivity index (χ3v) is 4.61. The molecule has 1 aliphatic heterocycles. The number of rotatable bonds is 1. The number of aliphatic hydroxyl groups is 1. The first-order valence-corrected chi connectivity index (χ1v) is 6.34. The molecule has 1 aliphatic carbocycles. The summed E-state index contributed by atoms with van der Waals surface area (Å²) in [5.74, 6) is -2.59. The van der Waals surface area contributed by atoms with Crippen molar-refractivity contribution in [1.82, 2.24) is 4.90 Å². The molecule has 3 nitrogen and oxygen atoms in total. The quantitative estimate of drug-likeness (QED) is 0.736. The van der Waals surface area contributed by atoms with Gasteiger partial charge in [-0.2, -0.15) is 0 Å². The molecular weight excluding hydrogens is 226 g/mol. The standard InChI is InChI=1S/C12H22F2N2O/c1-16-8-6-11(17,7-9-16)10(15)2-4-12(13,14)5-3-10/h17H,2-9,15H2,1H3. The highest BCUT2D eigenvalue weighted by molar-refractivity contribution is 5.08. The molecule has 1 saturated heterocycles. The lowest BCUT2D eigenvalue weighted by atomic mass is 9.66. The Morgan fingerprint density at radius 3 is 1.94 bits per heavy atom. The summed E-state index contributed by atoms with van der Waals surface area (Å²) in [7, 11) is 2.00. The van der Waals surface area contributed by atoms with Gasteiger partial charge in [-0.15, -0.1) is 0 Å². The molecule has 0 unspecified atom stereocenters. The number of piperidine rings is 1. The van der Waals surface area contributed by atoms with Crippen LogP contribution in [0.25, 0.3) is 0 Å². The zero-order valence-electron chi connectivity index (χ0n) is 10.4. The number of hydrogen-bond acceptors (Lipinski definition) is 3. The van der Waals surface area contributed by atoms with Crippen molar-refractivity contribution in [3.8, 4) is 0 Å². The zero-order chi connectivity index (χ0) is 12.7. The topological polar surface area (TPSA) is 49.5 Å². The van der Waals surface area contributed by atoms with Gasteiger partial charge in [-0.05, 0) is 32.7 Å². The predicted molar refractivity (Wildman–Crippen MR) is 62.0 cm³/mol. The van der Waals surface area contributed by atoms with E-state index in [0.717, 1.165) is 13.1 Å². The third kappa shape index (κ3) is 2.46. The Kier molecular flexibility index (Phi) is 3.21. The molecule has 1 saturated carbocycles. The van der Waals surface area contributed by atoms with Crippen molar-refractivity contribution < 1.29 is 13.9 Å². The van der Waals surface area contributed by atoms with Gasteiger partial charge in [0.2, 0.25) is 5.92 Å². The summed E-state index contributed by atoms with van der Waals surface area (Å²) in [4.78, 5) is 2.13. The highest BCUT2D eigenvalue weighted by Crippen LogP contribution is 2.45. The minimum atomic E-state index is -2.59. The van der Waals surface area contributed by atoms with Gasteiger partial charge in [0.05, 0.1) is 5.60 Å². The second kappa shape index (κ2) is 4.14. The smallest absolute Gasteiger partial charge is 0.248 e. The summed E-state index contributed by atoms with van der Waals surface area (Å²) in [6.45, 7) is 1.57. The Morgan fingerprint density at radius 1 is 1.00 bits per heavy atom. The Labute approximate surface area is 101 Å². The van der Waals surface area contributed by atoms with E-state index in [0.29, 0.717) is 12.8 Å².